The highest BCUT2D eigenvalue weighted by atomic mass is 16.2. The quantitative estimate of drug-likeness (QED) is 0.821. The molecule has 1 amide bonds. The molecule has 0 radical (unpaired) electrons. The first-order chi connectivity index (χ1) is 14.6. The molecule has 0 unspecified atom stereocenters. The Bertz CT molecular complexity index is 856. The van der Waals surface area contributed by atoms with Crippen LogP contribution < -0.4 is 15.1 Å². The molecule has 3 heterocycles. The molecular formula is C23H32N6O. The van der Waals surface area contributed by atoms with Gasteiger partial charge in [-0.3, -0.25) is 4.79 Å². The van der Waals surface area contributed by atoms with Crippen molar-refractivity contribution < 1.29 is 4.79 Å². The molecule has 160 valence electrons. The maximum absolute atomic E-state index is 12.9. The third-order valence-corrected chi connectivity index (χ3v) is 6.35. The van der Waals surface area contributed by atoms with Crippen LogP contribution in [0.25, 0.3) is 0 Å². The summed E-state index contributed by atoms with van der Waals surface area (Å²) < 4.78 is 0. The van der Waals surface area contributed by atoms with Crippen LogP contribution in [-0.2, 0) is 4.79 Å². The van der Waals surface area contributed by atoms with Gasteiger partial charge in [-0.15, -0.1) is 0 Å². The molecule has 2 saturated heterocycles. The van der Waals surface area contributed by atoms with Crippen LogP contribution in [0.3, 0.4) is 0 Å². The second-order valence-corrected chi connectivity index (χ2v) is 8.28. The zero-order valence-electron chi connectivity index (χ0n) is 18.0. The fourth-order valence-electron chi connectivity index (χ4n) is 4.50. The van der Waals surface area contributed by atoms with Crippen molar-refractivity contribution >= 4 is 23.4 Å². The van der Waals surface area contributed by atoms with Gasteiger partial charge in [0.05, 0.1) is 0 Å². The summed E-state index contributed by atoms with van der Waals surface area (Å²) >= 11 is 0. The standard InChI is InChI=1S/C23H32N6O/c1-18-5-3-4-6-20(18)27-13-15-29(16-14-27)22(30)17-19-8-11-28(12-9-19)21-7-10-25-23(24-2)26-21/h3-7,10,19H,8-9,11-17H2,1-2H3,(H,24,25,26). The summed E-state index contributed by atoms with van der Waals surface area (Å²) in [6.07, 6.45) is 4.53. The number of carbonyl (C=O) groups excluding carboxylic acids is 1. The lowest BCUT2D eigenvalue weighted by molar-refractivity contribution is -0.132. The average molecular weight is 409 g/mol. The van der Waals surface area contributed by atoms with E-state index < -0.39 is 0 Å². The van der Waals surface area contributed by atoms with E-state index in [4.69, 9.17) is 0 Å². The first-order valence-electron chi connectivity index (χ1n) is 11.0. The molecule has 7 nitrogen and oxygen atoms in total. The third-order valence-electron chi connectivity index (χ3n) is 6.35. The number of aryl methyl sites for hydroxylation is 1. The molecule has 2 aromatic rings. The van der Waals surface area contributed by atoms with E-state index in [0.29, 0.717) is 24.2 Å². The van der Waals surface area contributed by atoms with E-state index >= 15 is 0 Å². The zero-order chi connectivity index (χ0) is 20.9. The smallest absolute Gasteiger partial charge is 0.224 e. The molecule has 1 aromatic carbocycles. The number of benzene rings is 1. The molecule has 1 aromatic heterocycles. The molecule has 0 spiro atoms. The van der Waals surface area contributed by atoms with Crippen molar-refractivity contribution in [2.24, 2.45) is 5.92 Å². The second kappa shape index (κ2) is 9.32. The van der Waals surface area contributed by atoms with Gasteiger partial charge in [-0.05, 0) is 43.4 Å². The average Bonchev–Trinajstić information content (AvgIpc) is 2.80. The van der Waals surface area contributed by atoms with E-state index in [1.807, 2.05) is 13.1 Å². The first-order valence-corrected chi connectivity index (χ1v) is 11.0. The molecule has 2 aliphatic heterocycles. The number of nitrogens with zero attached hydrogens (tertiary/aromatic N) is 5. The van der Waals surface area contributed by atoms with Crippen LogP contribution in [0.15, 0.2) is 36.5 Å². The van der Waals surface area contributed by atoms with Crippen LogP contribution in [-0.4, -0.2) is 67.1 Å². The number of nitrogens with one attached hydrogen (secondary N) is 1. The normalized spacial score (nSPS) is 17.9. The van der Waals surface area contributed by atoms with Crippen molar-refractivity contribution in [3.8, 4) is 0 Å². The summed E-state index contributed by atoms with van der Waals surface area (Å²) in [6.45, 7) is 7.51. The number of piperazine rings is 1. The fourth-order valence-corrected chi connectivity index (χ4v) is 4.50. The van der Waals surface area contributed by atoms with Crippen molar-refractivity contribution in [1.29, 1.82) is 0 Å². The predicted octanol–water partition coefficient (Wildman–Crippen LogP) is 2.78. The van der Waals surface area contributed by atoms with Crippen LogP contribution in [0.4, 0.5) is 17.5 Å². The minimum Gasteiger partial charge on any atom is -0.368 e. The van der Waals surface area contributed by atoms with E-state index in [1.54, 1.807) is 6.20 Å². The van der Waals surface area contributed by atoms with Gasteiger partial charge < -0.3 is 20.0 Å². The molecular weight excluding hydrogens is 376 g/mol. The number of carbonyl (C=O) groups is 1. The van der Waals surface area contributed by atoms with Crippen LogP contribution >= 0.6 is 0 Å². The lowest BCUT2D eigenvalue weighted by atomic mass is 9.93. The Labute approximate surface area is 179 Å². The summed E-state index contributed by atoms with van der Waals surface area (Å²) in [5, 5.41) is 2.99. The van der Waals surface area contributed by atoms with Gasteiger partial charge in [0.15, 0.2) is 0 Å². The summed E-state index contributed by atoms with van der Waals surface area (Å²) in [4.78, 5) is 28.4. The van der Waals surface area contributed by atoms with Gasteiger partial charge >= 0.3 is 0 Å². The van der Waals surface area contributed by atoms with Crippen LogP contribution in [0.1, 0.15) is 24.8 Å². The van der Waals surface area contributed by atoms with Crippen molar-refractivity contribution in [1.82, 2.24) is 14.9 Å². The Morgan fingerprint density at radius 3 is 2.47 bits per heavy atom. The highest BCUT2D eigenvalue weighted by Gasteiger charge is 2.27. The Kier molecular flexibility index (Phi) is 6.35. The number of rotatable bonds is 5. The lowest BCUT2D eigenvalue weighted by Crippen LogP contribution is -2.49. The summed E-state index contributed by atoms with van der Waals surface area (Å²) in [5.41, 5.74) is 2.60. The number of para-hydroxylation sites is 1. The van der Waals surface area contributed by atoms with Gasteiger partial charge in [-0.1, -0.05) is 18.2 Å². The molecule has 0 aliphatic carbocycles. The number of aromatic nitrogens is 2. The van der Waals surface area contributed by atoms with E-state index in [0.717, 1.165) is 57.9 Å². The fraction of sp³-hybridized carbons (Fsp3) is 0.522. The van der Waals surface area contributed by atoms with Crippen molar-refractivity contribution in [2.75, 3.05) is 61.4 Å². The number of hydrogen-bond acceptors (Lipinski definition) is 6. The highest BCUT2D eigenvalue weighted by Crippen LogP contribution is 2.26. The Morgan fingerprint density at radius 2 is 1.77 bits per heavy atom. The maximum atomic E-state index is 12.9. The maximum Gasteiger partial charge on any atom is 0.224 e. The molecule has 2 fully saturated rings. The highest BCUT2D eigenvalue weighted by molar-refractivity contribution is 5.77. The van der Waals surface area contributed by atoms with Gasteiger partial charge in [-0.25, -0.2) is 4.98 Å². The van der Waals surface area contributed by atoms with Gasteiger partial charge in [0.2, 0.25) is 11.9 Å². The SMILES string of the molecule is CNc1nccc(N2CCC(CC(=O)N3CCN(c4ccccc4C)CC3)CC2)n1. The molecule has 7 heteroatoms. The Hall–Kier alpha value is -2.83. The molecule has 0 saturated carbocycles. The van der Waals surface area contributed by atoms with E-state index in [-0.39, 0.29) is 0 Å². The predicted molar refractivity (Wildman–Crippen MR) is 121 cm³/mol. The number of piperidine rings is 1. The molecule has 4 rings (SSSR count). The van der Waals surface area contributed by atoms with Gasteiger partial charge in [-0.2, -0.15) is 4.98 Å². The van der Waals surface area contributed by atoms with Crippen LogP contribution in [0.5, 0.6) is 0 Å². The molecule has 0 atom stereocenters. The Balaban J connectivity index is 1.24. The van der Waals surface area contributed by atoms with Crippen LogP contribution in [0, 0.1) is 12.8 Å². The zero-order valence-corrected chi connectivity index (χ0v) is 18.0. The lowest BCUT2D eigenvalue weighted by Gasteiger charge is -2.38. The van der Waals surface area contributed by atoms with Crippen molar-refractivity contribution in [3.05, 3.63) is 42.1 Å². The number of anilines is 3. The molecule has 0 bridgehead atoms. The minimum absolute atomic E-state index is 0.317. The summed E-state index contributed by atoms with van der Waals surface area (Å²) in [6, 6.07) is 10.5. The molecule has 2 aliphatic rings. The van der Waals surface area contributed by atoms with Crippen LogP contribution in [0.2, 0.25) is 0 Å². The Morgan fingerprint density at radius 1 is 1.03 bits per heavy atom. The topological polar surface area (TPSA) is 64.6 Å². The molecule has 1 N–H and O–H groups in total. The largest absolute Gasteiger partial charge is 0.368 e. The van der Waals surface area contributed by atoms with Crippen molar-refractivity contribution in [3.63, 3.8) is 0 Å². The minimum atomic E-state index is 0.317. The first kappa shape index (κ1) is 20.4. The second-order valence-electron chi connectivity index (χ2n) is 8.28. The third kappa shape index (κ3) is 4.66. The number of hydrogen-bond donors (Lipinski definition) is 1. The summed E-state index contributed by atoms with van der Waals surface area (Å²) in [7, 11) is 1.83. The van der Waals surface area contributed by atoms with Gasteiger partial charge in [0.1, 0.15) is 5.82 Å². The number of amides is 1. The molecule has 30 heavy (non-hydrogen) atoms. The van der Waals surface area contributed by atoms with Crippen molar-refractivity contribution in [2.45, 2.75) is 26.2 Å². The van der Waals surface area contributed by atoms with Gasteiger partial charge in [0, 0.05) is 64.6 Å². The van der Waals surface area contributed by atoms with Gasteiger partial charge in [0.25, 0.3) is 0 Å². The van der Waals surface area contributed by atoms with E-state index in [9.17, 15) is 4.79 Å². The van der Waals surface area contributed by atoms with E-state index in [1.165, 1.54) is 11.3 Å². The van der Waals surface area contributed by atoms with E-state index in [2.05, 4.69) is 61.2 Å². The summed E-state index contributed by atoms with van der Waals surface area (Å²) in [5.74, 6) is 2.40. The monoisotopic (exact) mass is 408 g/mol.